The number of nitrogens with zero attached hydrogens (tertiary/aromatic N) is 6. The zero-order chi connectivity index (χ0) is 16.3. The molecule has 0 aromatic carbocycles. The summed E-state index contributed by atoms with van der Waals surface area (Å²) in [6, 6.07) is 0. The molecule has 1 aliphatic heterocycles. The molecule has 0 aliphatic carbocycles. The number of likely N-dealkylation sites (tertiary alicyclic amines) is 1. The summed E-state index contributed by atoms with van der Waals surface area (Å²) in [6.07, 6.45) is 3.90. The highest BCUT2D eigenvalue weighted by atomic mass is 19.4. The number of halogens is 3. The minimum atomic E-state index is -4.23. The normalized spacial score (nSPS) is 20.0. The van der Waals surface area contributed by atoms with Crippen LogP contribution in [0.2, 0.25) is 0 Å². The third-order valence-electron chi connectivity index (χ3n) is 4.03. The lowest BCUT2D eigenvalue weighted by molar-refractivity contribution is -0.141. The van der Waals surface area contributed by atoms with Crippen LogP contribution in [-0.2, 0) is 19.6 Å². The van der Waals surface area contributed by atoms with Crippen LogP contribution in [0.25, 0.3) is 0 Å². The molecule has 0 N–H and O–H groups in total. The summed E-state index contributed by atoms with van der Waals surface area (Å²) in [5, 5.41) is 4.11. The second-order valence-corrected chi connectivity index (χ2v) is 5.95. The number of hydrogen-bond donors (Lipinski definition) is 0. The predicted octanol–water partition coefficient (Wildman–Crippen LogP) is 1.95. The Labute approximate surface area is 131 Å². The monoisotopic (exact) mass is 328 g/mol. The lowest BCUT2D eigenvalue weighted by atomic mass is 9.98. The zero-order valence-corrected chi connectivity index (χ0v) is 12.7. The molecular formula is C14H19F3N6. The molecule has 9 heteroatoms. The van der Waals surface area contributed by atoms with Crippen LogP contribution in [-0.4, -0.2) is 48.5 Å². The third kappa shape index (κ3) is 4.54. The second kappa shape index (κ2) is 6.69. The first-order valence-corrected chi connectivity index (χ1v) is 7.61. The van der Waals surface area contributed by atoms with Crippen molar-refractivity contribution in [3.05, 3.63) is 30.9 Å². The molecule has 1 atom stereocenters. The summed E-state index contributed by atoms with van der Waals surface area (Å²) in [5.74, 6) is 0.889. The molecule has 3 rings (SSSR count). The van der Waals surface area contributed by atoms with E-state index in [9.17, 15) is 13.2 Å². The molecule has 1 fully saturated rings. The van der Waals surface area contributed by atoms with Crippen molar-refractivity contribution in [3.8, 4) is 0 Å². The molecule has 2 aromatic rings. The minimum Gasteiger partial charge on any atom is -0.325 e. The first kappa shape index (κ1) is 16.0. The Bertz CT molecular complexity index is 606. The minimum absolute atomic E-state index is 0.427. The van der Waals surface area contributed by atoms with Gasteiger partial charge in [-0.1, -0.05) is 0 Å². The van der Waals surface area contributed by atoms with Crippen LogP contribution in [0.4, 0.5) is 13.2 Å². The largest absolute Gasteiger partial charge is 0.406 e. The van der Waals surface area contributed by atoms with E-state index >= 15 is 0 Å². The van der Waals surface area contributed by atoms with Crippen LogP contribution in [0.1, 0.15) is 18.7 Å². The van der Waals surface area contributed by atoms with Gasteiger partial charge in [-0.15, -0.1) is 0 Å². The van der Waals surface area contributed by atoms with Gasteiger partial charge in [0.15, 0.2) is 0 Å². The molecule has 2 aromatic heterocycles. The fourth-order valence-electron chi connectivity index (χ4n) is 3.06. The lowest BCUT2D eigenvalue weighted by Gasteiger charge is -2.32. The maximum atomic E-state index is 12.6. The Hall–Kier alpha value is -1.90. The van der Waals surface area contributed by atoms with Gasteiger partial charge in [-0.05, 0) is 25.3 Å². The topological polar surface area (TPSA) is 51.8 Å². The van der Waals surface area contributed by atoms with E-state index in [0.717, 1.165) is 32.5 Å². The van der Waals surface area contributed by atoms with Gasteiger partial charge in [-0.3, -0.25) is 9.58 Å². The fourth-order valence-corrected chi connectivity index (χ4v) is 3.06. The smallest absolute Gasteiger partial charge is 0.325 e. The van der Waals surface area contributed by atoms with Crippen molar-refractivity contribution in [3.63, 3.8) is 0 Å². The van der Waals surface area contributed by atoms with Crippen LogP contribution in [0.3, 0.4) is 0 Å². The lowest BCUT2D eigenvalue weighted by Crippen LogP contribution is -2.37. The van der Waals surface area contributed by atoms with Gasteiger partial charge in [0.2, 0.25) is 0 Å². The van der Waals surface area contributed by atoms with Gasteiger partial charge >= 0.3 is 6.18 Å². The Kier molecular flexibility index (Phi) is 4.65. The highest BCUT2D eigenvalue weighted by Crippen LogP contribution is 2.21. The van der Waals surface area contributed by atoms with Gasteiger partial charge in [-0.25, -0.2) is 9.97 Å². The van der Waals surface area contributed by atoms with E-state index in [1.807, 2.05) is 0 Å². The molecule has 3 heterocycles. The third-order valence-corrected chi connectivity index (χ3v) is 4.03. The van der Waals surface area contributed by atoms with Crippen molar-refractivity contribution in [1.82, 2.24) is 29.2 Å². The zero-order valence-electron chi connectivity index (χ0n) is 12.7. The van der Waals surface area contributed by atoms with E-state index in [1.165, 1.54) is 23.3 Å². The van der Waals surface area contributed by atoms with Gasteiger partial charge in [0.05, 0.1) is 6.54 Å². The van der Waals surface area contributed by atoms with Crippen LogP contribution < -0.4 is 0 Å². The molecule has 0 spiro atoms. The SMILES string of the molecule is FC(F)(F)Cn1ccnc1CN1CCC[C@@H](Cn2cncn2)C1. The Morgan fingerprint density at radius 1 is 1.30 bits per heavy atom. The van der Waals surface area contributed by atoms with Gasteiger partial charge in [-0.2, -0.15) is 18.3 Å². The molecule has 1 aliphatic rings. The maximum absolute atomic E-state index is 12.6. The number of rotatable bonds is 5. The molecular weight excluding hydrogens is 309 g/mol. The van der Waals surface area contributed by atoms with E-state index in [4.69, 9.17) is 0 Å². The van der Waals surface area contributed by atoms with Crippen molar-refractivity contribution in [2.45, 2.75) is 38.7 Å². The van der Waals surface area contributed by atoms with Gasteiger partial charge in [0.25, 0.3) is 0 Å². The fraction of sp³-hybridized carbons (Fsp3) is 0.643. The summed E-state index contributed by atoms with van der Waals surface area (Å²) in [5.41, 5.74) is 0. The van der Waals surface area contributed by atoms with Gasteiger partial charge in [0.1, 0.15) is 25.0 Å². The Morgan fingerprint density at radius 2 is 2.17 bits per heavy atom. The maximum Gasteiger partial charge on any atom is 0.406 e. The Morgan fingerprint density at radius 3 is 2.91 bits per heavy atom. The van der Waals surface area contributed by atoms with Crippen molar-refractivity contribution in [2.75, 3.05) is 13.1 Å². The molecule has 1 saturated heterocycles. The molecule has 0 unspecified atom stereocenters. The highest BCUT2D eigenvalue weighted by Gasteiger charge is 2.29. The molecule has 0 amide bonds. The first-order chi connectivity index (χ1) is 11.0. The van der Waals surface area contributed by atoms with E-state index in [2.05, 4.69) is 20.0 Å². The van der Waals surface area contributed by atoms with E-state index in [-0.39, 0.29) is 0 Å². The average Bonchev–Trinajstić information content (AvgIpc) is 3.11. The quantitative estimate of drug-likeness (QED) is 0.842. The number of alkyl halides is 3. The number of aromatic nitrogens is 5. The van der Waals surface area contributed by atoms with E-state index in [0.29, 0.717) is 18.3 Å². The summed E-state index contributed by atoms with van der Waals surface area (Å²) in [4.78, 5) is 10.2. The summed E-state index contributed by atoms with van der Waals surface area (Å²) >= 11 is 0. The molecule has 23 heavy (non-hydrogen) atoms. The van der Waals surface area contributed by atoms with Crippen LogP contribution in [0.5, 0.6) is 0 Å². The van der Waals surface area contributed by atoms with E-state index < -0.39 is 12.7 Å². The first-order valence-electron chi connectivity index (χ1n) is 7.61. The number of hydrogen-bond acceptors (Lipinski definition) is 4. The number of piperidine rings is 1. The molecule has 126 valence electrons. The average molecular weight is 328 g/mol. The van der Waals surface area contributed by atoms with Crippen molar-refractivity contribution < 1.29 is 13.2 Å². The Balaban J connectivity index is 1.58. The van der Waals surface area contributed by atoms with Crippen molar-refractivity contribution >= 4 is 0 Å². The summed E-state index contributed by atoms with van der Waals surface area (Å²) in [6.45, 7) is 1.95. The van der Waals surface area contributed by atoms with Crippen LogP contribution in [0.15, 0.2) is 25.0 Å². The summed E-state index contributed by atoms with van der Waals surface area (Å²) < 4.78 is 40.7. The highest BCUT2D eigenvalue weighted by molar-refractivity contribution is 4.94. The van der Waals surface area contributed by atoms with Crippen molar-refractivity contribution in [2.24, 2.45) is 5.92 Å². The number of imidazole rings is 1. The van der Waals surface area contributed by atoms with Crippen molar-refractivity contribution in [1.29, 1.82) is 0 Å². The van der Waals surface area contributed by atoms with Crippen LogP contribution in [0, 0.1) is 5.92 Å². The predicted molar refractivity (Wildman–Crippen MR) is 76.3 cm³/mol. The van der Waals surface area contributed by atoms with Gasteiger partial charge < -0.3 is 4.57 Å². The summed E-state index contributed by atoms with van der Waals surface area (Å²) in [7, 11) is 0. The van der Waals surface area contributed by atoms with Crippen LogP contribution >= 0.6 is 0 Å². The second-order valence-electron chi connectivity index (χ2n) is 5.95. The molecule has 6 nitrogen and oxygen atoms in total. The van der Waals surface area contributed by atoms with E-state index in [1.54, 1.807) is 11.0 Å². The molecule has 0 bridgehead atoms. The molecule has 0 saturated carbocycles. The standard InChI is InChI=1S/C14H19F3N6/c15-14(16,17)9-22-5-3-19-13(22)8-21-4-1-2-12(6-21)7-23-11-18-10-20-23/h3,5,10-12H,1-2,4,6-9H2/t12-/m1/s1. The molecule has 0 radical (unpaired) electrons. The van der Waals surface area contributed by atoms with Gasteiger partial charge in [0, 0.05) is 25.5 Å².